The minimum atomic E-state index is -1.59. The lowest BCUT2D eigenvalue weighted by molar-refractivity contribution is -0.384. The molecule has 1 spiro atoms. The number of methoxy groups -OCH3 is 1. The van der Waals surface area contributed by atoms with Gasteiger partial charge in [-0.15, -0.1) is 0 Å². The van der Waals surface area contributed by atoms with Crippen molar-refractivity contribution >= 4 is 40.7 Å². The highest BCUT2D eigenvalue weighted by Crippen LogP contribution is 2.54. The number of para-hydroxylation sites is 1. The molecule has 174 valence electrons. The zero-order chi connectivity index (χ0) is 24.4. The standard InChI is InChI=1S/C22H19N5O7/c1-34-15-8-10(27(32)33)6-7-14(15)26-19(29)17-13(9-16(23)28)25-22(18(17)20(26)30)11-4-2-3-5-12(11)24-21(22)31/h2-8,13,17-18,25H,9H2,1H3,(H2,23,28)(H,24,31)/t13-,17+,18-,22-/m0/s1. The maximum absolute atomic E-state index is 13.8. The van der Waals surface area contributed by atoms with E-state index in [0.29, 0.717) is 11.3 Å². The first-order valence-electron chi connectivity index (χ1n) is 10.4. The molecular weight excluding hydrogens is 446 g/mol. The first-order chi connectivity index (χ1) is 16.2. The van der Waals surface area contributed by atoms with Crippen molar-refractivity contribution in [3.8, 4) is 5.75 Å². The number of nitrogens with one attached hydrogen (secondary N) is 2. The topological polar surface area (TPSA) is 174 Å². The van der Waals surface area contributed by atoms with Crippen molar-refractivity contribution in [2.45, 2.75) is 18.0 Å². The smallest absolute Gasteiger partial charge is 0.273 e. The van der Waals surface area contributed by atoms with Crippen LogP contribution < -0.4 is 26.0 Å². The van der Waals surface area contributed by atoms with E-state index in [1.54, 1.807) is 24.3 Å². The van der Waals surface area contributed by atoms with E-state index in [1.807, 2.05) is 0 Å². The number of imide groups is 1. The Hall–Kier alpha value is -4.32. The number of amides is 4. The van der Waals surface area contributed by atoms with Gasteiger partial charge in [-0.3, -0.25) is 34.6 Å². The van der Waals surface area contributed by atoms with Gasteiger partial charge in [0.15, 0.2) is 0 Å². The Morgan fingerprint density at radius 3 is 2.62 bits per heavy atom. The molecule has 34 heavy (non-hydrogen) atoms. The number of primary amides is 1. The molecule has 4 N–H and O–H groups in total. The van der Waals surface area contributed by atoms with Crippen LogP contribution in [0, 0.1) is 22.0 Å². The van der Waals surface area contributed by atoms with Gasteiger partial charge in [0.1, 0.15) is 11.3 Å². The molecule has 12 nitrogen and oxygen atoms in total. The van der Waals surface area contributed by atoms with Crippen LogP contribution in [0.3, 0.4) is 0 Å². The van der Waals surface area contributed by atoms with Crippen LogP contribution in [0.25, 0.3) is 0 Å². The maximum atomic E-state index is 13.8. The number of benzene rings is 2. The summed E-state index contributed by atoms with van der Waals surface area (Å²) in [6.45, 7) is 0. The molecule has 2 saturated heterocycles. The van der Waals surface area contributed by atoms with Gasteiger partial charge in [-0.2, -0.15) is 0 Å². The zero-order valence-electron chi connectivity index (χ0n) is 17.8. The Labute approximate surface area is 192 Å². The molecule has 5 rings (SSSR count). The third kappa shape index (κ3) is 2.75. The largest absolute Gasteiger partial charge is 0.494 e. The third-order valence-electron chi connectivity index (χ3n) is 6.66. The fraction of sp³-hybridized carbons (Fsp3) is 0.273. The first kappa shape index (κ1) is 21.5. The molecule has 2 aromatic carbocycles. The Morgan fingerprint density at radius 2 is 1.94 bits per heavy atom. The Balaban J connectivity index is 1.67. The van der Waals surface area contributed by atoms with Gasteiger partial charge in [0.25, 0.3) is 5.69 Å². The number of non-ortho nitro benzene ring substituents is 1. The lowest BCUT2D eigenvalue weighted by Gasteiger charge is -2.29. The van der Waals surface area contributed by atoms with Crippen LogP contribution in [0.5, 0.6) is 5.75 Å². The van der Waals surface area contributed by atoms with Crippen molar-refractivity contribution in [1.82, 2.24) is 5.32 Å². The summed E-state index contributed by atoms with van der Waals surface area (Å²) >= 11 is 0. The van der Waals surface area contributed by atoms with Crippen LogP contribution in [0.2, 0.25) is 0 Å². The summed E-state index contributed by atoms with van der Waals surface area (Å²) in [6, 6.07) is 9.41. The highest BCUT2D eigenvalue weighted by Gasteiger charge is 2.70. The molecule has 12 heteroatoms. The van der Waals surface area contributed by atoms with E-state index in [2.05, 4.69) is 10.6 Å². The molecule has 2 aromatic rings. The molecule has 0 unspecified atom stereocenters. The highest BCUT2D eigenvalue weighted by atomic mass is 16.6. The fourth-order valence-corrected chi connectivity index (χ4v) is 5.35. The minimum Gasteiger partial charge on any atom is -0.494 e. The quantitative estimate of drug-likeness (QED) is 0.323. The maximum Gasteiger partial charge on any atom is 0.273 e. The predicted molar refractivity (Wildman–Crippen MR) is 117 cm³/mol. The van der Waals surface area contributed by atoms with Gasteiger partial charge >= 0.3 is 0 Å². The Morgan fingerprint density at radius 1 is 1.21 bits per heavy atom. The first-order valence-corrected chi connectivity index (χ1v) is 10.4. The molecular formula is C22H19N5O7. The number of nitrogens with zero attached hydrogens (tertiary/aromatic N) is 2. The molecule has 0 saturated carbocycles. The fourth-order valence-electron chi connectivity index (χ4n) is 5.35. The van der Waals surface area contributed by atoms with Crippen molar-refractivity contribution in [1.29, 1.82) is 0 Å². The molecule has 0 aliphatic carbocycles. The van der Waals surface area contributed by atoms with E-state index in [9.17, 15) is 29.3 Å². The summed E-state index contributed by atoms with van der Waals surface area (Å²) < 4.78 is 5.23. The summed E-state index contributed by atoms with van der Waals surface area (Å²) in [7, 11) is 1.26. The monoisotopic (exact) mass is 465 g/mol. The average molecular weight is 465 g/mol. The number of nitro groups is 1. The van der Waals surface area contributed by atoms with E-state index < -0.39 is 52.0 Å². The average Bonchev–Trinajstić information content (AvgIpc) is 3.37. The number of hydrogen-bond acceptors (Lipinski definition) is 8. The van der Waals surface area contributed by atoms with Gasteiger partial charge in [0.05, 0.1) is 35.6 Å². The Bertz CT molecular complexity index is 1290. The van der Waals surface area contributed by atoms with Crippen LogP contribution in [-0.4, -0.2) is 41.7 Å². The summed E-state index contributed by atoms with van der Waals surface area (Å²) in [5.74, 6) is -4.87. The molecule has 3 heterocycles. The van der Waals surface area contributed by atoms with E-state index >= 15 is 0 Å². The molecule has 4 atom stereocenters. The molecule has 4 amide bonds. The summed E-state index contributed by atoms with van der Waals surface area (Å²) in [5.41, 5.74) is 4.53. The molecule has 3 aliphatic rings. The number of nitro benzene ring substituents is 1. The van der Waals surface area contributed by atoms with Gasteiger partial charge in [0.2, 0.25) is 23.6 Å². The van der Waals surface area contributed by atoms with Gasteiger partial charge in [-0.05, 0) is 12.1 Å². The second kappa shape index (κ2) is 7.35. The van der Waals surface area contributed by atoms with Crippen LogP contribution in [0.4, 0.5) is 17.1 Å². The SMILES string of the molecule is COc1cc([N+](=O)[O-])ccc1N1C(=O)[C@@H]2[C@H](CC(N)=O)N[C@]3(C(=O)Nc4ccccc43)[C@@H]2C1=O. The number of hydrogen-bond donors (Lipinski definition) is 3. The van der Waals surface area contributed by atoms with Crippen LogP contribution in [0.1, 0.15) is 12.0 Å². The summed E-state index contributed by atoms with van der Waals surface area (Å²) in [4.78, 5) is 64.0. The molecule has 0 bridgehead atoms. The molecule has 3 aliphatic heterocycles. The number of ether oxygens (including phenoxy) is 1. The minimum absolute atomic E-state index is 0.0113. The number of nitrogens with two attached hydrogens (primary N) is 1. The number of anilines is 2. The lowest BCUT2D eigenvalue weighted by atomic mass is 9.76. The molecule has 2 fully saturated rings. The summed E-state index contributed by atoms with van der Waals surface area (Å²) in [5, 5.41) is 17.0. The van der Waals surface area contributed by atoms with Gasteiger partial charge in [-0.1, -0.05) is 18.2 Å². The third-order valence-corrected chi connectivity index (χ3v) is 6.66. The number of rotatable bonds is 5. The van der Waals surface area contributed by atoms with Crippen LogP contribution in [-0.2, 0) is 24.7 Å². The predicted octanol–water partition coefficient (Wildman–Crippen LogP) is 0.404. The second-order valence-electron chi connectivity index (χ2n) is 8.36. The van der Waals surface area contributed by atoms with Crippen molar-refractivity contribution in [2.24, 2.45) is 17.6 Å². The lowest BCUT2D eigenvalue weighted by Crippen LogP contribution is -2.53. The van der Waals surface area contributed by atoms with Gasteiger partial charge < -0.3 is 15.8 Å². The van der Waals surface area contributed by atoms with Gasteiger partial charge in [0, 0.05) is 29.8 Å². The normalized spacial score (nSPS) is 27.0. The number of fused-ring (bicyclic) bond motifs is 4. The second-order valence-corrected chi connectivity index (χ2v) is 8.36. The van der Waals surface area contributed by atoms with Crippen LogP contribution in [0.15, 0.2) is 42.5 Å². The van der Waals surface area contributed by atoms with E-state index in [-0.39, 0.29) is 23.5 Å². The van der Waals surface area contributed by atoms with Crippen molar-refractivity contribution in [3.05, 3.63) is 58.1 Å². The van der Waals surface area contributed by atoms with Gasteiger partial charge in [-0.25, -0.2) is 4.90 Å². The summed E-state index contributed by atoms with van der Waals surface area (Å²) in [6.07, 6.45) is -0.275. The van der Waals surface area contributed by atoms with E-state index in [0.717, 1.165) is 17.0 Å². The van der Waals surface area contributed by atoms with E-state index in [4.69, 9.17) is 10.5 Å². The Kier molecular flexibility index (Phi) is 4.65. The highest BCUT2D eigenvalue weighted by molar-refractivity contribution is 6.26. The zero-order valence-corrected chi connectivity index (χ0v) is 17.8. The van der Waals surface area contributed by atoms with Crippen molar-refractivity contribution in [2.75, 3.05) is 17.3 Å². The van der Waals surface area contributed by atoms with Crippen LogP contribution >= 0.6 is 0 Å². The van der Waals surface area contributed by atoms with Crippen molar-refractivity contribution < 1.29 is 28.8 Å². The molecule has 0 aromatic heterocycles. The number of carbonyl (C=O) groups is 4. The van der Waals surface area contributed by atoms with Crippen molar-refractivity contribution in [3.63, 3.8) is 0 Å². The number of carbonyl (C=O) groups excluding carboxylic acids is 4. The van der Waals surface area contributed by atoms with E-state index in [1.165, 1.54) is 13.2 Å². The molecule has 0 radical (unpaired) electrons.